The van der Waals surface area contributed by atoms with Crippen LogP contribution in [0.25, 0.3) is 0 Å². The first kappa shape index (κ1) is 12.5. The van der Waals surface area contributed by atoms with Crippen LogP contribution in [0.4, 0.5) is 0 Å². The lowest BCUT2D eigenvalue weighted by atomic mass is 10.0. The van der Waals surface area contributed by atoms with E-state index in [1.54, 1.807) is 25.9 Å². The van der Waals surface area contributed by atoms with Crippen molar-refractivity contribution in [3.63, 3.8) is 0 Å². The summed E-state index contributed by atoms with van der Waals surface area (Å²) in [7, 11) is 3.37. The molecule has 0 aromatic rings. The standard InChI is InChI=1S/C11H21NO3/c1-8-9(6-7-15-8)12(4)10(13)11(2,3)14-5/h8-9H,6-7H2,1-5H3. The van der Waals surface area contributed by atoms with E-state index in [0.717, 1.165) is 13.0 Å². The molecule has 0 aliphatic carbocycles. The first-order chi connectivity index (χ1) is 6.90. The van der Waals surface area contributed by atoms with E-state index in [-0.39, 0.29) is 18.1 Å². The third-order valence-electron chi connectivity index (χ3n) is 3.18. The summed E-state index contributed by atoms with van der Waals surface area (Å²) in [6.07, 6.45) is 1.02. The highest BCUT2D eigenvalue weighted by Crippen LogP contribution is 2.21. The number of nitrogens with zero attached hydrogens (tertiary/aromatic N) is 1. The maximum absolute atomic E-state index is 12.1. The van der Waals surface area contributed by atoms with Gasteiger partial charge in [0, 0.05) is 20.8 Å². The number of ether oxygens (including phenoxy) is 2. The van der Waals surface area contributed by atoms with Gasteiger partial charge < -0.3 is 14.4 Å². The Morgan fingerprint density at radius 3 is 2.53 bits per heavy atom. The molecule has 0 aromatic heterocycles. The summed E-state index contributed by atoms with van der Waals surface area (Å²) in [5.74, 6) is 0.00681. The zero-order chi connectivity index (χ0) is 11.6. The maximum Gasteiger partial charge on any atom is 0.254 e. The molecule has 4 heteroatoms. The molecule has 2 unspecified atom stereocenters. The zero-order valence-corrected chi connectivity index (χ0v) is 10.2. The predicted octanol–water partition coefficient (Wildman–Crippen LogP) is 1.05. The molecule has 1 rings (SSSR count). The van der Waals surface area contributed by atoms with Crippen LogP contribution in [-0.2, 0) is 14.3 Å². The second kappa shape index (κ2) is 4.49. The van der Waals surface area contributed by atoms with Crippen molar-refractivity contribution in [2.45, 2.75) is 44.9 Å². The molecular weight excluding hydrogens is 194 g/mol. The predicted molar refractivity (Wildman–Crippen MR) is 57.7 cm³/mol. The van der Waals surface area contributed by atoms with Crippen LogP contribution >= 0.6 is 0 Å². The Bertz CT molecular complexity index is 240. The molecule has 1 aliphatic heterocycles. The van der Waals surface area contributed by atoms with Gasteiger partial charge in [-0.1, -0.05) is 0 Å². The highest BCUT2D eigenvalue weighted by molar-refractivity contribution is 5.84. The van der Waals surface area contributed by atoms with Gasteiger partial charge in [-0.2, -0.15) is 0 Å². The van der Waals surface area contributed by atoms with E-state index in [1.165, 1.54) is 0 Å². The number of carbonyl (C=O) groups is 1. The molecular formula is C11H21NO3. The quantitative estimate of drug-likeness (QED) is 0.706. The Morgan fingerprint density at radius 1 is 1.53 bits per heavy atom. The van der Waals surface area contributed by atoms with Gasteiger partial charge in [0.05, 0.1) is 12.1 Å². The van der Waals surface area contributed by atoms with E-state index in [2.05, 4.69) is 0 Å². The fourth-order valence-electron chi connectivity index (χ4n) is 1.89. The SMILES string of the molecule is COC(C)(C)C(=O)N(C)C1CCOC1C. The molecule has 2 atom stereocenters. The van der Waals surface area contributed by atoms with Gasteiger partial charge in [0.15, 0.2) is 0 Å². The first-order valence-corrected chi connectivity index (χ1v) is 5.34. The van der Waals surface area contributed by atoms with Crippen molar-refractivity contribution in [3.8, 4) is 0 Å². The molecule has 15 heavy (non-hydrogen) atoms. The van der Waals surface area contributed by atoms with Crippen molar-refractivity contribution >= 4 is 5.91 Å². The summed E-state index contributed by atoms with van der Waals surface area (Å²) in [5, 5.41) is 0. The summed E-state index contributed by atoms with van der Waals surface area (Å²) in [5.41, 5.74) is -0.753. The van der Waals surface area contributed by atoms with Gasteiger partial charge in [0.2, 0.25) is 0 Å². The van der Waals surface area contributed by atoms with Crippen LogP contribution in [0.3, 0.4) is 0 Å². The lowest BCUT2D eigenvalue weighted by Crippen LogP contribution is -2.50. The minimum atomic E-state index is -0.753. The second-order valence-electron chi connectivity index (χ2n) is 4.56. The van der Waals surface area contributed by atoms with Gasteiger partial charge in [-0.05, 0) is 27.2 Å². The Balaban J connectivity index is 2.67. The number of carbonyl (C=O) groups excluding carboxylic acids is 1. The molecule has 0 aromatic carbocycles. The molecule has 0 N–H and O–H groups in total. The molecule has 1 heterocycles. The van der Waals surface area contributed by atoms with Gasteiger partial charge in [-0.25, -0.2) is 0 Å². The molecule has 1 fully saturated rings. The smallest absolute Gasteiger partial charge is 0.254 e. The van der Waals surface area contributed by atoms with Crippen LogP contribution < -0.4 is 0 Å². The van der Waals surface area contributed by atoms with Gasteiger partial charge >= 0.3 is 0 Å². The number of hydrogen-bond donors (Lipinski definition) is 0. The molecule has 1 aliphatic rings. The topological polar surface area (TPSA) is 38.8 Å². The Kier molecular flexibility index (Phi) is 3.73. The Labute approximate surface area is 91.5 Å². The van der Waals surface area contributed by atoms with Gasteiger partial charge in [0.1, 0.15) is 5.60 Å². The van der Waals surface area contributed by atoms with Crippen LogP contribution in [0.2, 0.25) is 0 Å². The molecule has 1 amide bonds. The van der Waals surface area contributed by atoms with Gasteiger partial charge in [0.25, 0.3) is 5.91 Å². The van der Waals surface area contributed by atoms with E-state index in [4.69, 9.17) is 9.47 Å². The van der Waals surface area contributed by atoms with E-state index >= 15 is 0 Å². The number of hydrogen-bond acceptors (Lipinski definition) is 3. The number of methoxy groups -OCH3 is 1. The van der Waals surface area contributed by atoms with Crippen LogP contribution in [-0.4, -0.2) is 49.3 Å². The Hall–Kier alpha value is -0.610. The molecule has 0 bridgehead atoms. The minimum absolute atomic E-state index is 0.00681. The lowest BCUT2D eigenvalue weighted by Gasteiger charge is -2.33. The number of amides is 1. The maximum atomic E-state index is 12.1. The summed E-state index contributed by atoms with van der Waals surface area (Å²) in [6, 6.07) is 0.173. The van der Waals surface area contributed by atoms with E-state index < -0.39 is 5.60 Å². The van der Waals surface area contributed by atoms with E-state index in [9.17, 15) is 4.79 Å². The molecule has 0 saturated carbocycles. The van der Waals surface area contributed by atoms with Gasteiger partial charge in [-0.15, -0.1) is 0 Å². The van der Waals surface area contributed by atoms with Crippen molar-refractivity contribution in [2.75, 3.05) is 20.8 Å². The normalized spacial score (nSPS) is 26.7. The highest BCUT2D eigenvalue weighted by Gasteiger charge is 2.37. The fraction of sp³-hybridized carbons (Fsp3) is 0.909. The first-order valence-electron chi connectivity index (χ1n) is 5.34. The van der Waals surface area contributed by atoms with E-state index in [1.807, 2.05) is 14.0 Å². The molecule has 88 valence electrons. The summed E-state index contributed by atoms with van der Waals surface area (Å²) in [6.45, 7) is 6.30. The zero-order valence-electron chi connectivity index (χ0n) is 10.2. The minimum Gasteiger partial charge on any atom is -0.376 e. The fourth-order valence-corrected chi connectivity index (χ4v) is 1.89. The highest BCUT2D eigenvalue weighted by atomic mass is 16.5. The van der Waals surface area contributed by atoms with Crippen molar-refractivity contribution in [1.82, 2.24) is 4.90 Å². The van der Waals surface area contributed by atoms with Crippen molar-refractivity contribution in [1.29, 1.82) is 0 Å². The molecule has 0 radical (unpaired) electrons. The largest absolute Gasteiger partial charge is 0.376 e. The summed E-state index contributed by atoms with van der Waals surface area (Å²) < 4.78 is 10.6. The van der Waals surface area contributed by atoms with E-state index in [0.29, 0.717) is 0 Å². The monoisotopic (exact) mass is 215 g/mol. The average molecular weight is 215 g/mol. The number of rotatable bonds is 3. The number of likely N-dealkylation sites (N-methyl/N-ethyl adjacent to an activating group) is 1. The third kappa shape index (κ3) is 2.49. The van der Waals surface area contributed by atoms with Crippen molar-refractivity contribution in [3.05, 3.63) is 0 Å². The third-order valence-corrected chi connectivity index (χ3v) is 3.18. The van der Waals surface area contributed by atoms with Crippen molar-refractivity contribution < 1.29 is 14.3 Å². The molecule has 0 spiro atoms. The van der Waals surface area contributed by atoms with Crippen LogP contribution in [0.15, 0.2) is 0 Å². The molecule has 4 nitrogen and oxygen atoms in total. The Morgan fingerprint density at radius 2 is 2.13 bits per heavy atom. The van der Waals surface area contributed by atoms with Gasteiger partial charge in [-0.3, -0.25) is 4.79 Å². The lowest BCUT2D eigenvalue weighted by molar-refractivity contribution is -0.152. The van der Waals surface area contributed by atoms with Crippen molar-refractivity contribution in [2.24, 2.45) is 0 Å². The summed E-state index contributed by atoms with van der Waals surface area (Å²) >= 11 is 0. The molecule has 1 saturated heterocycles. The van der Waals surface area contributed by atoms with Crippen LogP contribution in [0.1, 0.15) is 27.2 Å². The second-order valence-corrected chi connectivity index (χ2v) is 4.56. The summed E-state index contributed by atoms with van der Waals surface area (Å²) in [4.78, 5) is 13.8. The average Bonchev–Trinajstić information content (AvgIpc) is 2.62. The van der Waals surface area contributed by atoms with Crippen LogP contribution in [0, 0.1) is 0 Å². The van der Waals surface area contributed by atoms with Crippen LogP contribution in [0.5, 0.6) is 0 Å².